The van der Waals surface area contributed by atoms with Crippen LogP contribution in [-0.4, -0.2) is 18.0 Å². The number of nitrogens with one attached hydrogen (secondary N) is 2. The number of anilines is 1. The van der Waals surface area contributed by atoms with Gasteiger partial charge in [-0.2, -0.15) is 0 Å². The van der Waals surface area contributed by atoms with Crippen LogP contribution in [0.25, 0.3) is 0 Å². The first-order valence-corrected chi connectivity index (χ1v) is 6.38. The van der Waals surface area contributed by atoms with E-state index >= 15 is 0 Å². The SMILES string of the molecule is Cc1cc(Br)cc(NCC(=O)NC(C)(C)C)c1. The van der Waals surface area contributed by atoms with Gasteiger partial charge in [0.2, 0.25) is 5.91 Å². The molecule has 0 unspecified atom stereocenters. The molecular weight excluding hydrogens is 280 g/mol. The normalized spacial score (nSPS) is 11.1. The van der Waals surface area contributed by atoms with Gasteiger partial charge in [0.1, 0.15) is 0 Å². The Morgan fingerprint density at radius 1 is 1.29 bits per heavy atom. The molecular formula is C13H19BrN2O. The van der Waals surface area contributed by atoms with Crippen LogP contribution in [0.3, 0.4) is 0 Å². The minimum Gasteiger partial charge on any atom is -0.376 e. The molecule has 0 fully saturated rings. The van der Waals surface area contributed by atoms with Crippen molar-refractivity contribution >= 4 is 27.5 Å². The van der Waals surface area contributed by atoms with Crippen molar-refractivity contribution in [3.05, 3.63) is 28.2 Å². The number of rotatable bonds is 3. The second-order valence-corrected chi connectivity index (χ2v) is 6.08. The van der Waals surface area contributed by atoms with Gasteiger partial charge in [0.05, 0.1) is 6.54 Å². The summed E-state index contributed by atoms with van der Waals surface area (Å²) >= 11 is 3.43. The molecule has 0 radical (unpaired) electrons. The van der Waals surface area contributed by atoms with Crippen molar-refractivity contribution in [2.45, 2.75) is 33.2 Å². The Kier molecular flexibility index (Phi) is 4.57. The van der Waals surface area contributed by atoms with Gasteiger partial charge >= 0.3 is 0 Å². The number of halogens is 1. The minimum atomic E-state index is -0.189. The van der Waals surface area contributed by atoms with Crippen LogP contribution < -0.4 is 10.6 Å². The quantitative estimate of drug-likeness (QED) is 0.900. The molecule has 2 N–H and O–H groups in total. The summed E-state index contributed by atoms with van der Waals surface area (Å²) in [5.41, 5.74) is 1.91. The van der Waals surface area contributed by atoms with E-state index in [1.165, 1.54) is 0 Å². The van der Waals surface area contributed by atoms with Crippen LogP contribution in [0.5, 0.6) is 0 Å². The lowest BCUT2D eigenvalue weighted by molar-refractivity contribution is -0.120. The summed E-state index contributed by atoms with van der Waals surface area (Å²) in [6.07, 6.45) is 0. The molecule has 4 heteroatoms. The van der Waals surface area contributed by atoms with Crippen molar-refractivity contribution in [1.82, 2.24) is 5.32 Å². The van der Waals surface area contributed by atoms with Gasteiger partial charge in [-0.05, 0) is 51.5 Å². The summed E-state index contributed by atoms with van der Waals surface area (Å²) < 4.78 is 1.01. The lowest BCUT2D eigenvalue weighted by atomic mass is 10.1. The van der Waals surface area contributed by atoms with E-state index in [9.17, 15) is 4.79 Å². The highest BCUT2D eigenvalue weighted by Gasteiger charge is 2.13. The van der Waals surface area contributed by atoms with Crippen LogP contribution in [0.15, 0.2) is 22.7 Å². The summed E-state index contributed by atoms with van der Waals surface area (Å²) in [6, 6.07) is 5.99. The molecule has 0 aliphatic rings. The van der Waals surface area contributed by atoms with Gasteiger partial charge < -0.3 is 10.6 Å². The van der Waals surface area contributed by atoms with Crippen LogP contribution in [0.1, 0.15) is 26.3 Å². The fourth-order valence-corrected chi connectivity index (χ4v) is 2.09. The molecule has 17 heavy (non-hydrogen) atoms. The van der Waals surface area contributed by atoms with Crippen molar-refractivity contribution in [3.63, 3.8) is 0 Å². The maximum atomic E-state index is 11.6. The molecule has 1 aromatic carbocycles. The molecule has 1 rings (SSSR count). The zero-order valence-corrected chi connectivity index (χ0v) is 12.3. The highest BCUT2D eigenvalue weighted by molar-refractivity contribution is 9.10. The molecule has 0 heterocycles. The van der Waals surface area contributed by atoms with Gasteiger partial charge in [0.15, 0.2) is 0 Å². The van der Waals surface area contributed by atoms with E-state index in [1.807, 2.05) is 45.9 Å². The minimum absolute atomic E-state index is 0.00451. The van der Waals surface area contributed by atoms with Crippen molar-refractivity contribution in [3.8, 4) is 0 Å². The van der Waals surface area contributed by atoms with E-state index in [2.05, 4.69) is 26.6 Å². The first-order chi connectivity index (χ1) is 7.76. The lowest BCUT2D eigenvalue weighted by Gasteiger charge is -2.20. The average Bonchev–Trinajstić information content (AvgIpc) is 2.10. The average molecular weight is 299 g/mol. The number of hydrogen-bond donors (Lipinski definition) is 2. The van der Waals surface area contributed by atoms with Gasteiger partial charge in [-0.1, -0.05) is 15.9 Å². The van der Waals surface area contributed by atoms with Crippen molar-refractivity contribution in [1.29, 1.82) is 0 Å². The Labute approximate surface area is 111 Å². The molecule has 3 nitrogen and oxygen atoms in total. The largest absolute Gasteiger partial charge is 0.376 e. The first kappa shape index (κ1) is 14.0. The summed E-state index contributed by atoms with van der Waals surface area (Å²) in [5.74, 6) is -0.00451. The predicted molar refractivity (Wildman–Crippen MR) is 75.3 cm³/mol. The fourth-order valence-electron chi connectivity index (χ4n) is 1.48. The Hall–Kier alpha value is -1.03. The second kappa shape index (κ2) is 5.54. The van der Waals surface area contributed by atoms with Crippen LogP contribution >= 0.6 is 15.9 Å². The van der Waals surface area contributed by atoms with E-state index in [0.29, 0.717) is 0 Å². The van der Waals surface area contributed by atoms with Gasteiger partial charge in [0.25, 0.3) is 0 Å². The van der Waals surface area contributed by atoms with Crippen molar-refractivity contribution < 1.29 is 4.79 Å². The number of hydrogen-bond acceptors (Lipinski definition) is 2. The second-order valence-electron chi connectivity index (χ2n) is 5.17. The van der Waals surface area contributed by atoms with Crippen molar-refractivity contribution in [2.75, 3.05) is 11.9 Å². The maximum absolute atomic E-state index is 11.6. The third-order valence-electron chi connectivity index (χ3n) is 2.01. The summed E-state index contributed by atoms with van der Waals surface area (Å²) in [5, 5.41) is 6.01. The molecule has 0 bridgehead atoms. The Balaban J connectivity index is 2.53. The smallest absolute Gasteiger partial charge is 0.239 e. The van der Waals surface area contributed by atoms with Crippen molar-refractivity contribution in [2.24, 2.45) is 0 Å². The zero-order chi connectivity index (χ0) is 13.1. The standard InChI is InChI=1S/C13H19BrN2O/c1-9-5-10(14)7-11(6-9)15-8-12(17)16-13(2,3)4/h5-7,15H,8H2,1-4H3,(H,16,17). The van der Waals surface area contributed by atoms with Crippen LogP contribution in [0.4, 0.5) is 5.69 Å². The topological polar surface area (TPSA) is 41.1 Å². The molecule has 0 aliphatic carbocycles. The van der Waals surface area contributed by atoms with Gasteiger partial charge in [-0.25, -0.2) is 0 Å². The van der Waals surface area contributed by atoms with Gasteiger partial charge in [-0.3, -0.25) is 4.79 Å². The third-order valence-corrected chi connectivity index (χ3v) is 2.47. The Morgan fingerprint density at radius 2 is 1.94 bits per heavy atom. The van der Waals surface area contributed by atoms with E-state index in [-0.39, 0.29) is 18.0 Å². The molecule has 0 spiro atoms. The monoisotopic (exact) mass is 298 g/mol. The Bertz CT molecular complexity index is 390. The third kappa shape index (κ3) is 5.73. The zero-order valence-electron chi connectivity index (χ0n) is 10.7. The van der Waals surface area contributed by atoms with E-state index < -0.39 is 0 Å². The molecule has 0 atom stereocenters. The molecule has 0 saturated heterocycles. The fraction of sp³-hybridized carbons (Fsp3) is 0.462. The summed E-state index contributed by atoms with van der Waals surface area (Å²) in [4.78, 5) is 11.6. The number of amides is 1. The Morgan fingerprint density at radius 3 is 2.47 bits per heavy atom. The van der Waals surface area contributed by atoms with E-state index in [1.54, 1.807) is 0 Å². The van der Waals surface area contributed by atoms with E-state index in [4.69, 9.17) is 0 Å². The number of carbonyl (C=O) groups excluding carboxylic acids is 1. The number of carbonyl (C=O) groups is 1. The molecule has 1 aromatic rings. The van der Waals surface area contributed by atoms with Gasteiger partial charge in [-0.15, -0.1) is 0 Å². The molecule has 0 aliphatic heterocycles. The van der Waals surface area contributed by atoms with Crippen LogP contribution in [-0.2, 0) is 4.79 Å². The van der Waals surface area contributed by atoms with Crippen LogP contribution in [0, 0.1) is 6.92 Å². The number of aryl methyl sites for hydroxylation is 1. The predicted octanol–water partition coefficient (Wildman–Crippen LogP) is 3.08. The van der Waals surface area contributed by atoms with Gasteiger partial charge in [0, 0.05) is 15.7 Å². The highest BCUT2D eigenvalue weighted by Crippen LogP contribution is 2.18. The first-order valence-electron chi connectivity index (χ1n) is 5.58. The molecule has 1 amide bonds. The van der Waals surface area contributed by atoms with E-state index in [0.717, 1.165) is 15.7 Å². The molecule has 94 valence electrons. The summed E-state index contributed by atoms with van der Waals surface area (Å²) in [6.45, 7) is 8.20. The highest BCUT2D eigenvalue weighted by atomic mass is 79.9. The maximum Gasteiger partial charge on any atom is 0.239 e. The molecule has 0 saturated carbocycles. The summed E-state index contributed by atoms with van der Waals surface area (Å²) in [7, 11) is 0. The number of benzene rings is 1. The van der Waals surface area contributed by atoms with Crippen LogP contribution in [0.2, 0.25) is 0 Å². The molecule has 0 aromatic heterocycles. The lowest BCUT2D eigenvalue weighted by Crippen LogP contribution is -2.43.